The molecular formula is C26H24N2O4S. The summed E-state index contributed by atoms with van der Waals surface area (Å²) in [5.74, 6) is -0.379. The largest absolute Gasteiger partial charge is 0.497 e. The smallest absolute Gasteiger partial charge is 0.309 e. The van der Waals surface area contributed by atoms with Gasteiger partial charge < -0.3 is 15.2 Å². The first-order chi connectivity index (χ1) is 15.7. The van der Waals surface area contributed by atoms with E-state index in [0.29, 0.717) is 5.56 Å². The van der Waals surface area contributed by atoms with Crippen LogP contribution in [0.3, 0.4) is 0 Å². The van der Waals surface area contributed by atoms with E-state index >= 15 is 0 Å². The van der Waals surface area contributed by atoms with E-state index in [-0.39, 0.29) is 12.2 Å². The molecule has 0 aliphatic rings. The number of ketones is 1. The third-order valence-electron chi connectivity index (χ3n) is 5.45. The van der Waals surface area contributed by atoms with E-state index in [2.05, 4.69) is 10.3 Å². The number of hydrogen-bond acceptors (Lipinski definition) is 6. The second-order valence-electron chi connectivity index (χ2n) is 8.42. The molecule has 7 heteroatoms. The van der Waals surface area contributed by atoms with Gasteiger partial charge in [0.1, 0.15) is 5.75 Å². The highest BCUT2D eigenvalue weighted by Crippen LogP contribution is 2.31. The van der Waals surface area contributed by atoms with Crippen LogP contribution in [0.5, 0.6) is 5.75 Å². The van der Waals surface area contributed by atoms with Gasteiger partial charge in [-0.25, -0.2) is 4.98 Å². The van der Waals surface area contributed by atoms with Crippen LogP contribution >= 0.6 is 11.3 Å². The lowest BCUT2D eigenvalue weighted by molar-refractivity contribution is -0.146. The summed E-state index contributed by atoms with van der Waals surface area (Å²) < 4.78 is 6.34. The van der Waals surface area contributed by atoms with Gasteiger partial charge >= 0.3 is 5.97 Å². The zero-order chi connectivity index (χ0) is 23.6. The number of rotatable bonds is 8. The molecule has 0 bridgehead atoms. The van der Waals surface area contributed by atoms with Gasteiger partial charge in [0.25, 0.3) is 0 Å². The Labute approximate surface area is 195 Å². The lowest BCUT2D eigenvalue weighted by atomic mass is 9.85. The van der Waals surface area contributed by atoms with Crippen LogP contribution in [-0.4, -0.2) is 29.0 Å². The number of thiazole rings is 1. The highest BCUT2D eigenvalue weighted by atomic mass is 32.1. The van der Waals surface area contributed by atoms with Crippen molar-refractivity contribution >= 4 is 44.1 Å². The third-order valence-corrected chi connectivity index (χ3v) is 6.40. The van der Waals surface area contributed by atoms with E-state index in [0.717, 1.165) is 37.9 Å². The number of carbonyl (C=O) groups is 2. The standard InChI is InChI=1S/C26H24N2O4S/c1-26(2,24(30)31)15-22(29)18-6-4-16(5-7-18)17-8-10-19(11-9-17)27-25-28-21-14-20(32-3)12-13-23(21)33-25/h4-14H,15H2,1-3H3,(H,27,28)(H,30,31). The molecule has 6 nitrogen and oxygen atoms in total. The Kier molecular flexibility index (Phi) is 6.16. The van der Waals surface area contributed by atoms with Crippen molar-refractivity contribution < 1.29 is 19.4 Å². The molecule has 0 fully saturated rings. The fraction of sp³-hybridized carbons (Fsp3) is 0.192. The van der Waals surface area contributed by atoms with Gasteiger partial charge in [0.05, 0.1) is 22.7 Å². The van der Waals surface area contributed by atoms with E-state index < -0.39 is 11.4 Å². The normalized spacial score (nSPS) is 11.4. The van der Waals surface area contributed by atoms with Gasteiger partial charge in [0.15, 0.2) is 10.9 Å². The van der Waals surface area contributed by atoms with Crippen molar-refractivity contribution in [2.75, 3.05) is 12.4 Å². The fourth-order valence-corrected chi connectivity index (χ4v) is 4.25. The van der Waals surface area contributed by atoms with E-state index in [4.69, 9.17) is 4.74 Å². The van der Waals surface area contributed by atoms with Crippen LogP contribution < -0.4 is 10.1 Å². The molecule has 0 atom stereocenters. The molecule has 0 amide bonds. The quantitative estimate of drug-likeness (QED) is 0.296. The van der Waals surface area contributed by atoms with Crippen LogP contribution in [0.2, 0.25) is 0 Å². The Morgan fingerprint density at radius 2 is 1.64 bits per heavy atom. The first-order valence-corrected chi connectivity index (χ1v) is 11.3. The Morgan fingerprint density at radius 1 is 1.00 bits per heavy atom. The second kappa shape index (κ2) is 9.03. The van der Waals surface area contributed by atoms with Gasteiger partial charge in [-0.15, -0.1) is 0 Å². The summed E-state index contributed by atoms with van der Waals surface area (Å²) in [4.78, 5) is 28.3. The Bertz CT molecular complexity index is 1310. The Morgan fingerprint density at radius 3 is 2.24 bits per heavy atom. The fourth-order valence-electron chi connectivity index (χ4n) is 3.38. The number of carbonyl (C=O) groups excluding carboxylic acids is 1. The summed E-state index contributed by atoms with van der Waals surface area (Å²) in [6.45, 7) is 3.12. The predicted molar refractivity (Wildman–Crippen MR) is 132 cm³/mol. The highest BCUT2D eigenvalue weighted by molar-refractivity contribution is 7.22. The summed E-state index contributed by atoms with van der Waals surface area (Å²) >= 11 is 1.58. The monoisotopic (exact) mass is 460 g/mol. The molecule has 1 heterocycles. The molecule has 2 N–H and O–H groups in total. The van der Waals surface area contributed by atoms with Gasteiger partial charge in [-0.3, -0.25) is 9.59 Å². The lowest BCUT2D eigenvalue weighted by Crippen LogP contribution is -2.26. The minimum absolute atomic E-state index is 0.0411. The number of carboxylic acids is 1. The van der Waals surface area contributed by atoms with Crippen molar-refractivity contribution in [3.63, 3.8) is 0 Å². The number of ether oxygens (including phenoxy) is 1. The summed E-state index contributed by atoms with van der Waals surface area (Å²) in [5.41, 5.74) is 3.22. The molecule has 0 saturated heterocycles. The molecule has 0 radical (unpaired) electrons. The molecule has 4 rings (SSSR count). The number of benzene rings is 3. The van der Waals surface area contributed by atoms with Gasteiger partial charge in [0, 0.05) is 23.7 Å². The Balaban J connectivity index is 1.45. The second-order valence-corrected chi connectivity index (χ2v) is 9.45. The zero-order valence-electron chi connectivity index (χ0n) is 18.6. The molecule has 4 aromatic rings. The molecule has 168 valence electrons. The van der Waals surface area contributed by atoms with Gasteiger partial charge in [-0.2, -0.15) is 0 Å². The minimum atomic E-state index is -1.09. The summed E-state index contributed by atoms with van der Waals surface area (Å²) in [6, 6.07) is 21.1. The number of anilines is 2. The molecule has 3 aromatic carbocycles. The van der Waals surface area contributed by atoms with Crippen LogP contribution in [0.1, 0.15) is 30.6 Å². The SMILES string of the molecule is COc1ccc2sc(Nc3ccc(-c4ccc(C(=O)CC(C)(C)C(=O)O)cc4)cc3)nc2c1. The van der Waals surface area contributed by atoms with Gasteiger partial charge in [-0.1, -0.05) is 47.7 Å². The lowest BCUT2D eigenvalue weighted by Gasteiger charge is -2.17. The molecule has 0 spiro atoms. The molecule has 1 aromatic heterocycles. The van der Waals surface area contributed by atoms with E-state index in [1.54, 1.807) is 44.4 Å². The van der Waals surface area contributed by atoms with Crippen LogP contribution in [0.15, 0.2) is 66.7 Å². The topological polar surface area (TPSA) is 88.5 Å². The number of Topliss-reactive ketones (excluding diaryl/α,β-unsaturated/α-hetero) is 1. The number of nitrogens with zero attached hydrogens (tertiary/aromatic N) is 1. The third kappa shape index (κ3) is 5.04. The molecule has 0 aliphatic heterocycles. The van der Waals surface area contributed by atoms with Crippen molar-refractivity contribution in [2.24, 2.45) is 5.41 Å². The van der Waals surface area contributed by atoms with Crippen molar-refractivity contribution in [3.05, 3.63) is 72.3 Å². The van der Waals surface area contributed by atoms with Gasteiger partial charge in [0.2, 0.25) is 0 Å². The molecule has 0 saturated carbocycles. The number of carboxylic acid groups (broad SMARTS) is 1. The Hall–Kier alpha value is -3.71. The predicted octanol–water partition coefficient (Wildman–Crippen LogP) is 6.40. The molecule has 0 aliphatic carbocycles. The number of methoxy groups -OCH3 is 1. The van der Waals surface area contributed by atoms with Crippen LogP contribution in [-0.2, 0) is 4.79 Å². The van der Waals surface area contributed by atoms with Crippen molar-refractivity contribution in [1.82, 2.24) is 4.98 Å². The first-order valence-electron chi connectivity index (χ1n) is 10.4. The number of hydrogen-bond donors (Lipinski definition) is 2. The highest BCUT2D eigenvalue weighted by Gasteiger charge is 2.30. The summed E-state index contributed by atoms with van der Waals surface area (Å²) in [6.07, 6.45) is -0.0411. The number of fused-ring (bicyclic) bond motifs is 1. The maximum absolute atomic E-state index is 12.4. The maximum atomic E-state index is 12.4. The van der Waals surface area contributed by atoms with Crippen molar-refractivity contribution in [1.29, 1.82) is 0 Å². The average molecular weight is 461 g/mol. The number of nitrogens with one attached hydrogen (secondary N) is 1. The average Bonchev–Trinajstić information content (AvgIpc) is 3.20. The molecule has 0 unspecified atom stereocenters. The zero-order valence-corrected chi connectivity index (χ0v) is 19.4. The summed E-state index contributed by atoms with van der Waals surface area (Å²) in [7, 11) is 1.64. The number of aliphatic carboxylic acids is 1. The minimum Gasteiger partial charge on any atom is -0.497 e. The van der Waals surface area contributed by atoms with E-state index in [9.17, 15) is 14.7 Å². The summed E-state index contributed by atoms with van der Waals surface area (Å²) in [5, 5.41) is 13.4. The first kappa shape index (κ1) is 22.5. The number of aromatic nitrogens is 1. The van der Waals surface area contributed by atoms with Crippen molar-refractivity contribution in [3.8, 4) is 16.9 Å². The van der Waals surface area contributed by atoms with E-state index in [1.807, 2.05) is 54.6 Å². The van der Waals surface area contributed by atoms with Gasteiger partial charge in [-0.05, 0) is 49.2 Å². The van der Waals surface area contributed by atoms with E-state index in [1.165, 1.54) is 0 Å². The molecule has 33 heavy (non-hydrogen) atoms. The van der Waals surface area contributed by atoms with Crippen molar-refractivity contribution in [2.45, 2.75) is 20.3 Å². The maximum Gasteiger partial charge on any atom is 0.309 e. The molecular weight excluding hydrogens is 436 g/mol. The van der Waals surface area contributed by atoms with Crippen LogP contribution in [0.25, 0.3) is 21.3 Å². The van der Waals surface area contributed by atoms with Crippen LogP contribution in [0, 0.1) is 5.41 Å². The van der Waals surface area contributed by atoms with Crippen LogP contribution in [0.4, 0.5) is 10.8 Å².